The first-order chi connectivity index (χ1) is 9.42. The maximum Gasteiger partial charge on any atom is 0.240 e. The summed E-state index contributed by atoms with van der Waals surface area (Å²) in [7, 11) is -3.44. The smallest absolute Gasteiger partial charge is 0.240 e. The van der Waals surface area contributed by atoms with E-state index in [4.69, 9.17) is 5.73 Å². The standard InChI is InChI=1S/C14H23N3O2S/c1-3-16-20(18,19)12-6-7-13(15)14(9-12)17-11-5-4-10(2)8-11/h6-7,9-11,16-17H,3-5,8,15H2,1-2H3. The number of rotatable bonds is 5. The van der Waals surface area contributed by atoms with E-state index in [1.165, 1.54) is 12.5 Å². The van der Waals surface area contributed by atoms with E-state index in [1.54, 1.807) is 19.1 Å². The third kappa shape index (κ3) is 3.43. The molecule has 4 N–H and O–H groups in total. The summed E-state index contributed by atoms with van der Waals surface area (Å²) in [5, 5.41) is 3.38. The van der Waals surface area contributed by atoms with Gasteiger partial charge in [0.25, 0.3) is 0 Å². The maximum atomic E-state index is 12.0. The molecule has 20 heavy (non-hydrogen) atoms. The molecule has 6 heteroatoms. The van der Waals surface area contributed by atoms with Gasteiger partial charge in [-0.05, 0) is 43.4 Å². The fourth-order valence-corrected chi connectivity index (χ4v) is 3.73. The Morgan fingerprint density at radius 3 is 2.70 bits per heavy atom. The van der Waals surface area contributed by atoms with Crippen molar-refractivity contribution in [2.75, 3.05) is 17.6 Å². The van der Waals surface area contributed by atoms with Crippen LogP contribution in [0.3, 0.4) is 0 Å². The van der Waals surface area contributed by atoms with E-state index >= 15 is 0 Å². The molecule has 1 aromatic rings. The van der Waals surface area contributed by atoms with Crippen molar-refractivity contribution in [3.8, 4) is 0 Å². The predicted octanol–water partition coefficient (Wildman–Crippen LogP) is 2.17. The molecule has 112 valence electrons. The lowest BCUT2D eigenvalue weighted by molar-refractivity contribution is 0.584. The van der Waals surface area contributed by atoms with E-state index in [-0.39, 0.29) is 4.90 Å². The van der Waals surface area contributed by atoms with Gasteiger partial charge in [-0.3, -0.25) is 0 Å². The molecular formula is C14H23N3O2S. The van der Waals surface area contributed by atoms with Crippen LogP contribution in [0.15, 0.2) is 23.1 Å². The van der Waals surface area contributed by atoms with E-state index in [0.29, 0.717) is 29.9 Å². The van der Waals surface area contributed by atoms with Crippen molar-refractivity contribution in [1.29, 1.82) is 0 Å². The topological polar surface area (TPSA) is 84.2 Å². The van der Waals surface area contributed by atoms with Crippen LogP contribution in [0.5, 0.6) is 0 Å². The molecule has 1 saturated carbocycles. The monoisotopic (exact) mass is 297 g/mol. The second-order valence-corrected chi connectivity index (χ2v) is 7.28. The third-order valence-corrected chi connectivity index (χ3v) is 5.27. The summed E-state index contributed by atoms with van der Waals surface area (Å²) < 4.78 is 26.5. The summed E-state index contributed by atoms with van der Waals surface area (Å²) in [4.78, 5) is 0.252. The minimum Gasteiger partial charge on any atom is -0.397 e. The van der Waals surface area contributed by atoms with Gasteiger partial charge < -0.3 is 11.1 Å². The molecule has 0 amide bonds. The Morgan fingerprint density at radius 1 is 1.35 bits per heavy atom. The summed E-state index contributed by atoms with van der Waals surface area (Å²) in [6, 6.07) is 5.18. The first-order valence-electron chi connectivity index (χ1n) is 7.08. The lowest BCUT2D eigenvalue weighted by Gasteiger charge is -2.17. The normalized spacial score (nSPS) is 22.9. The van der Waals surface area contributed by atoms with E-state index in [1.807, 2.05) is 0 Å². The summed E-state index contributed by atoms with van der Waals surface area (Å²) in [6.45, 7) is 4.36. The number of nitrogen functional groups attached to an aromatic ring is 1. The van der Waals surface area contributed by atoms with Crippen LogP contribution < -0.4 is 15.8 Å². The molecule has 0 radical (unpaired) electrons. The molecule has 1 aromatic carbocycles. The Hall–Kier alpha value is -1.27. The van der Waals surface area contributed by atoms with Crippen molar-refractivity contribution in [2.24, 2.45) is 5.92 Å². The Morgan fingerprint density at radius 2 is 2.10 bits per heavy atom. The number of sulfonamides is 1. The number of nitrogens with one attached hydrogen (secondary N) is 2. The third-order valence-electron chi connectivity index (χ3n) is 3.72. The zero-order valence-electron chi connectivity index (χ0n) is 12.0. The van der Waals surface area contributed by atoms with Crippen molar-refractivity contribution in [1.82, 2.24) is 4.72 Å². The van der Waals surface area contributed by atoms with Crippen LogP contribution in [-0.2, 0) is 10.0 Å². The molecule has 2 unspecified atom stereocenters. The highest BCUT2D eigenvalue weighted by atomic mass is 32.2. The van der Waals surface area contributed by atoms with Crippen molar-refractivity contribution in [3.63, 3.8) is 0 Å². The van der Waals surface area contributed by atoms with Crippen molar-refractivity contribution < 1.29 is 8.42 Å². The lowest BCUT2D eigenvalue weighted by Crippen LogP contribution is -2.23. The number of benzene rings is 1. The van der Waals surface area contributed by atoms with Crippen LogP contribution in [0.4, 0.5) is 11.4 Å². The van der Waals surface area contributed by atoms with Crippen LogP contribution in [0.1, 0.15) is 33.1 Å². The second kappa shape index (κ2) is 6.01. The van der Waals surface area contributed by atoms with Crippen molar-refractivity contribution >= 4 is 21.4 Å². The van der Waals surface area contributed by atoms with Gasteiger partial charge in [0.05, 0.1) is 16.3 Å². The highest BCUT2D eigenvalue weighted by molar-refractivity contribution is 7.89. The molecule has 5 nitrogen and oxygen atoms in total. The Balaban J connectivity index is 2.21. The Labute approximate surface area is 121 Å². The molecule has 1 aliphatic carbocycles. The summed E-state index contributed by atoms with van der Waals surface area (Å²) in [6.07, 6.45) is 3.40. The molecule has 1 aliphatic rings. The van der Waals surface area contributed by atoms with Crippen molar-refractivity contribution in [2.45, 2.75) is 44.0 Å². The molecule has 0 bridgehead atoms. The van der Waals surface area contributed by atoms with Gasteiger partial charge in [-0.1, -0.05) is 13.8 Å². The molecule has 0 aliphatic heterocycles. The fourth-order valence-electron chi connectivity index (χ4n) is 2.66. The van der Waals surface area contributed by atoms with Crippen LogP contribution >= 0.6 is 0 Å². The van der Waals surface area contributed by atoms with Crippen molar-refractivity contribution in [3.05, 3.63) is 18.2 Å². The average molecular weight is 297 g/mol. The summed E-state index contributed by atoms with van der Waals surface area (Å²) in [5.74, 6) is 0.711. The van der Waals surface area contributed by atoms with Crippen LogP contribution in [0, 0.1) is 5.92 Å². The number of nitrogens with two attached hydrogens (primary N) is 1. The molecule has 0 heterocycles. The van der Waals surface area contributed by atoms with Crippen LogP contribution in [0.25, 0.3) is 0 Å². The average Bonchev–Trinajstić information content (AvgIpc) is 2.77. The van der Waals surface area contributed by atoms with Gasteiger partial charge >= 0.3 is 0 Å². The first-order valence-corrected chi connectivity index (χ1v) is 8.56. The lowest BCUT2D eigenvalue weighted by atomic mass is 10.1. The molecule has 2 rings (SSSR count). The largest absolute Gasteiger partial charge is 0.397 e. The van der Waals surface area contributed by atoms with E-state index < -0.39 is 10.0 Å². The Kier molecular flexibility index (Phi) is 4.55. The summed E-state index contributed by atoms with van der Waals surface area (Å²) in [5.41, 5.74) is 7.24. The number of hydrogen-bond acceptors (Lipinski definition) is 4. The van der Waals surface area contributed by atoms with Gasteiger partial charge in [0.1, 0.15) is 0 Å². The van der Waals surface area contributed by atoms with Gasteiger partial charge in [0.15, 0.2) is 0 Å². The second-order valence-electron chi connectivity index (χ2n) is 5.51. The zero-order valence-corrected chi connectivity index (χ0v) is 12.8. The van der Waals surface area contributed by atoms with Gasteiger partial charge in [0, 0.05) is 12.6 Å². The van der Waals surface area contributed by atoms with E-state index in [9.17, 15) is 8.42 Å². The highest BCUT2D eigenvalue weighted by Crippen LogP contribution is 2.30. The highest BCUT2D eigenvalue weighted by Gasteiger charge is 2.22. The van der Waals surface area contributed by atoms with Gasteiger partial charge in [-0.15, -0.1) is 0 Å². The molecule has 0 spiro atoms. The van der Waals surface area contributed by atoms with Crippen LogP contribution in [0.2, 0.25) is 0 Å². The number of hydrogen-bond donors (Lipinski definition) is 3. The molecule has 0 aromatic heterocycles. The molecular weight excluding hydrogens is 274 g/mol. The summed E-state index contributed by atoms with van der Waals surface area (Å²) >= 11 is 0. The molecule has 1 fully saturated rings. The number of anilines is 2. The molecule has 0 saturated heterocycles. The quantitative estimate of drug-likeness (QED) is 0.727. The fraction of sp³-hybridized carbons (Fsp3) is 0.571. The van der Waals surface area contributed by atoms with Gasteiger partial charge in [-0.25, -0.2) is 13.1 Å². The van der Waals surface area contributed by atoms with E-state index in [0.717, 1.165) is 12.8 Å². The predicted molar refractivity (Wildman–Crippen MR) is 82.1 cm³/mol. The SMILES string of the molecule is CCNS(=O)(=O)c1ccc(N)c(NC2CCC(C)C2)c1. The first kappa shape index (κ1) is 15.1. The van der Waals surface area contributed by atoms with Gasteiger partial charge in [-0.2, -0.15) is 0 Å². The molecule has 2 atom stereocenters. The maximum absolute atomic E-state index is 12.0. The van der Waals surface area contributed by atoms with Gasteiger partial charge in [0.2, 0.25) is 10.0 Å². The minimum absolute atomic E-state index is 0.252. The van der Waals surface area contributed by atoms with Crippen LogP contribution in [-0.4, -0.2) is 21.0 Å². The zero-order chi connectivity index (χ0) is 14.8. The Bertz CT molecular complexity index is 572. The van der Waals surface area contributed by atoms with E-state index in [2.05, 4.69) is 17.0 Å². The minimum atomic E-state index is -3.44.